The summed E-state index contributed by atoms with van der Waals surface area (Å²) in [6, 6.07) is 9.84. The lowest BCUT2D eigenvalue weighted by atomic mass is 10.1. The molecular formula is C14H15NO3. The number of rotatable bonds is 3. The first-order valence-electron chi connectivity index (χ1n) is 6.29. The average molecular weight is 245 g/mol. The van der Waals surface area contributed by atoms with Crippen LogP contribution in [0, 0.1) is 0 Å². The number of amides is 2. The summed E-state index contributed by atoms with van der Waals surface area (Å²) < 4.78 is 5.19. The minimum Gasteiger partial charge on any atom is -0.359 e. The fourth-order valence-electron chi connectivity index (χ4n) is 2.38. The molecule has 2 amide bonds. The second-order valence-electron chi connectivity index (χ2n) is 4.75. The van der Waals surface area contributed by atoms with E-state index in [2.05, 4.69) is 0 Å². The maximum atomic E-state index is 12.0. The minimum absolute atomic E-state index is 0.0793. The molecule has 4 heteroatoms. The molecule has 94 valence electrons. The topological polar surface area (TPSA) is 49.9 Å². The molecule has 0 bridgehead atoms. The van der Waals surface area contributed by atoms with Crippen LogP contribution < -0.4 is 0 Å². The van der Waals surface area contributed by atoms with Gasteiger partial charge in [-0.05, 0) is 18.4 Å². The van der Waals surface area contributed by atoms with Crippen molar-refractivity contribution in [2.45, 2.75) is 31.5 Å². The first-order chi connectivity index (χ1) is 8.75. The Kier molecular flexibility index (Phi) is 2.88. The highest BCUT2D eigenvalue weighted by Crippen LogP contribution is 2.32. The largest absolute Gasteiger partial charge is 0.359 e. The number of epoxide rings is 1. The van der Waals surface area contributed by atoms with Crippen LogP contribution in [0.3, 0.4) is 0 Å². The summed E-state index contributed by atoms with van der Waals surface area (Å²) in [5.41, 5.74) is 1.12. The van der Waals surface area contributed by atoms with Crippen molar-refractivity contribution in [3.05, 3.63) is 35.9 Å². The van der Waals surface area contributed by atoms with Crippen molar-refractivity contribution in [2.75, 3.05) is 6.54 Å². The number of piperidine rings is 1. The number of aryl methyl sites for hydroxylation is 1. The van der Waals surface area contributed by atoms with Crippen LogP contribution in [0.4, 0.5) is 0 Å². The van der Waals surface area contributed by atoms with E-state index in [-0.39, 0.29) is 24.0 Å². The number of carbonyl (C=O) groups is 2. The van der Waals surface area contributed by atoms with Crippen molar-refractivity contribution < 1.29 is 14.3 Å². The lowest BCUT2D eigenvalue weighted by Crippen LogP contribution is -2.44. The third-order valence-corrected chi connectivity index (χ3v) is 3.50. The smallest absolute Gasteiger partial charge is 0.261 e. The van der Waals surface area contributed by atoms with Crippen molar-refractivity contribution in [3.63, 3.8) is 0 Å². The summed E-state index contributed by atoms with van der Waals surface area (Å²) >= 11 is 0. The molecule has 0 aromatic heterocycles. The first kappa shape index (κ1) is 11.4. The zero-order valence-corrected chi connectivity index (χ0v) is 10.0. The zero-order valence-electron chi connectivity index (χ0n) is 10.0. The van der Waals surface area contributed by atoms with E-state index in [1.54, 1.807) is 0 Å². The molecule has 2 unspecified atom stereocenters. The zero-order chi connectivity index (χ0) is 12.5. The molecular weight excluding hydrogens is 230 g/mol. The molecule has 2 fully saturated rings. The summed E-state index contributed by atoms with van der Waals surface area (Å²) in [5.74, 6) is -0.234. The maximum Gasteiger partial charge on any atom is 0.261 e. The fourth-order valence-corrected chi connectivity index (χ4v) is 2.38. The van der Waals surface area contributed by atoms with Crippen LogP contribution in [-0.2, 0) is 20.7 Å². The number of imide groups is 1. The molecule has 2 saturated heterocycles. The molecule has 2 heterocycles. The van der Waals surface area contributed by atoms with Gasteiger partial charge in [0.1, 0.15) is 0 Å². The van der Waals surface area contributed by atoms with Crippen molar-refractivity contribution in [3.8, 4) is 0 Å². The summed E-state index contributed by atoms with van der Waals surface area (Å²) in [6.45, 7) is 0.508. The number of hydrogen-bond donors (Lipinski definition) is 0. The number of nitrogens with zero attached hydrogens (tertiary/aromatic N) is 1. The van der Waals surface area contributed by atoms with Gasteiger partial charge in [0.05, 0.1) is 6.10 Å². The molecule has 2 aliphatic rings. The molecule has 0 N–H and O–H groups in total. The van der Waals surface area contributed by atoms with Gasteiger partial charge in [-0.2, -0.15) is 0 Å². The number of ether oxygens (including phenoxy) is 1. The van der Waals surface area contributed by atoms with Gasteiger partial charge in [-0.1, -0.05) is 30.3 Å². The molecule has 4 nitrogen and oxygen atoms in total. The van der Waals surface area contributed by atoms with Gasteiger partial charge in [0.15, 0.2) is 6.10 Å². The van der Waals surface area contributed by atoms with Crippen molar-refractivity contribution >= 4 is 11.8 Å². The Morgan fingerprint density at radius 1 is 1.33 bits per heavy atom. The van der Waals surface area contributed by atoms with Gasteiger partial charge in [0, 0.05) is 13.0 Å². The summed E-state index contributed by atoms with van der Waals surface area (Å²) in [4.78, 5) is 25.2. The normalized spacial score (nSPS) is 25.8. The van der Waals surface area contributed by atoms with Crippen molar-refractivity contribution in [1.29, 1.82) is 0 Å². The number of fused-ring (bicyclic) bond motifs is 1. The van der Waals surface area contributed by atoms with Crippen LogP contribution in [0.25, 0.3) is 0 Å². The Morgan fingerprint density at radius 3 is 2.89 bits per heavy atom. The van der Waals surface area contributed by atoms with E-state index in [4.69, 9.17) is 4.74 Å². The van der Waals surface area contributed by atoms with E-state index in [1.165, 1.54) is 4.90 Å². The molecule has 1 aromatic rings. The third kappa shape index (κ3) is 2.16. The Hall–Kier alpha value is -1.68. The van der Waals surface area contributed by atoms with Crippen LogP contribution in [0.2, 0.25) is 0 Å². The van der Waals surface area contributed by atoms with Crippen LogP contribution >= 0.6 is 0 Å². The molecule has 0 aliphatic carbocycles. The van der Waals surface area contributed by atoms with E-state index < -0.39 is 0 Å². The van der Waals surface area contributed by atoms with Crippen LogP contribution in [0.15, 0.2) is 30.3 Å². The number of carbonyl (C=O) groups excluding carboxylic acids is 2. The van der Waals surface area contributed by atoms with Gasteiger partial charge < -0.3 is 4.74 Å². The fraction of sp³-hybridized carbons (Fsp3) is 0.429. The second-order valence-corrected chi connectivity index (χ2v) is 4.75. The van der Waals surface area contributed by atoms with Gasteiger partial charge in [0.25, 0.3) is 5.91 Å². The van der Waals surface area contributed by atoms with Crippen LogP contribution in [0.1, 0.15) is 18.4 Å². The van der Waals surface area contributed by atoms with Gasteiger partial charge in [-0.15, -0.1) is 0 Å². The number of likely N-dealkylation sites (tertiary alicyclic amines) is 1. The van der Waals surface area contributed by atoms with Gasteiger partial charge in [0.2, 0.25) is 5.91 Å². The van der Waals surface area contributed by atoms with Crippen molar-refractivity contribution in [1.82, 2.24) is 4.90 Å². The van der Waals surface area contributed by atoms with E-state index >= 15 is 0 Å². The summed E-state index contributed by atoms with van der Waals surface area (Å²) in [5, 5.41) is 0. The molecule has 3 rings (SSSR count). The van der Waals surface area contributed by atoms with E-state index in [9.17, 15) is 9.59 Å². The quantitative estimate of drug-likeness (QED) is 0.750. The SMILES string of the molecule is O=C(CCc1ccccc1)N1CCC2OC2C1=O. The minimum atomic E-state index is -0.334. The second kappa shape index (κ2) is 4.53. The first-order valence-corrected chi connectivity index (χ1v) is 6.29. The average Bonchev–Trinajstić information content (AvgIpc) is 3.18. The monoisotopic (exact) mass is 245 g/mol. The van der Waals surface area contributed by atoms with Gasteiger partial charge in [-0.3, -0.25) is 14.5 Å². The van der Waals surface area contributed by atoms with Crippen LogP contribution in [0.5, 0.6) is 0 Å². The van der Waals surface area contributed by atoms with E-state index in [0.29, 0.717) is 19.4 Å². The lowest BCUT2D eigenvalue weighted by Gasteiger charge is -2.22. The lowest BCUT2D eigenvalue weighted by molar-refractivity contribution is -0.146. The standard InChI is InChI=1S/C14H15NO3/c16-12(7-6-10-4-2-1-3-5-10)15-9-8-11-13(18-11)14(15)17/h1-5,11,13H,6-9H2. The van der Waals surface area contributed by atoms with Crippen LogP contribution in [-0.4, -0.2) is 35.5 Å². The summed E-state index contributed by atoms with van der Waals surface area (Å²) in [7, 11) is 0. The summed E-state index contributed by atoms with van der Waals surface area (Å²) in [6.07, 6.45) is 1.59. The highest BCUT2D eigenvalue weighted by atomic mass is 16.6. The molecule has 0 spiro atoms. The number of benzene rings is 1. The molecule has 18 heavy (non-hydrogen) atoms. The van der Waals surface area contributed by atoms with E-state index in [1.807, 2.05) is 30.3 Å². The van der Waals surface area contributed by atoms with Crippen molar-refractivity contribution in [2.24, 2.45) is 0 Å². The van der Waals surface area contributed by atoms with E-state index in [0.717, 1.165) is 12.0 Å². The van der Waals surface area contributed by atoms with Gasteiger partial charge in [-0.25, -0.2) is 0 Å². The predicted molar refractivity (Wildman–Crippen MR) is 64.8 cm³/mol. The molecule has 2 aliphatic heterocycles. The Labute approximate surface area is 106 Å². The molecule has 0 radical (unpaired) electrons. The van der Waals surface area contributed by atoms with Gasteiger partial charge >= 0.3 is 0 Å². The molecule has 2 atom stereocenters. The molecule has 1 aromatic carbocycles. The third-order valence-electron chi connectivity index (χ3n) is 3.50. The highest BCUT2D eigenvalue weighted by molar-refractivity contribution is 5.99. The highest BCUT2D eigenvalue weighted by Gasteiger charge is 2.51. The maximum absolute atomic E-state index is 12.0. The Morgan fingerprint density at radius 2 is 2.11 bits per heavy atom. The number of hydrogen-bond acceptors (Lipinski definition) is 3. The Bertz CT molecular complexity index is 471. The predicted octanol–water partition coefficient (Wildman–Crippen LogP) is 1.15. The molecule has 0 saturated carbocycles. The Balaban J connectivity index is 1.56.